The molecule has 2 aliphatic heterocycles. The van der Waals surface area contributed by atoms with E-state index in [2.05, 4.69) is 53.4 Å². The first-order chi connectivity index (χ1) is 16.1. The molecule has 3 heterocycles. The zero-order valence-corrected chi connectivity index (χ0v) is 19.8. The Bertz CT molecular complexity index is 1070. The average molecular weight is 459 g/mol. The lowest BCUT2D eigenvalue weighted by Gasteiger charge is -2.48. The van der Waals surface area contributed by atoms with Gasteiger partial charge in [0.1, 0.15) is 0 Å². The number of aryl methyl sites for hydroxylation is 1. The van der Waals surface area contributed by atoms with E-state index in [0.29, 0.717) is 25.4 Å². The van der Waals surface area contributed by atoms with E-state index < -0.39 is 0 Å². The fourth-order valence-corrected chi connectivity index (χ4v) is 6.28. The predicted octanol–water partition coefficient (Wildman–Crippen LogP) is 5.34. The molecule has 0 aliphatic carbocycles. The van der Waals surface area contributed by atoms with Crippen LogP contribution in [0.15, 0.2) is 72.8 Å². The van der Waals surface area contributed by atoms with Crippen LogP contribution >= 0.6 is 11.3 Å². The van der Waals surface area contributed by atoms with Crippen LogP contribution in [0.25, 0.3) is 0 Å². The molecule has 0 spiro atoms. The third-order valence-electron chi connectivity index (χ3n) is 7.17. The lowest BCUT2D eigenvalue weighted by atomic mass is 9.81. The maximum atomic E-state index is 13.1. The molecule has 2 saturated heterocycles. The van der Waals surface area contributed by atoms with Gasteiger partial charge in [-0.1, -0.05) is 60.7 Å². The minimum absolute atomic E-state index is 0.140. The van der Waals surface area contributed by atoms with Crippen molar-refractivity contribution in [3.05, 3.63) is 93.7 Å². The Kier molecular flexibility index (Phi) is 6.32. The van der Waals surface area contributed by atoms with Crippen LogP contribution in [0.5, 0.6) is 0 Å². The number of carbonyl (C=O) groups is 2. The smallest absolute Gasteiger partial charge is 0.263 e. The van der Waals surface area contributed by atoms with Crippen molar-refractivity contribution in [3.8, 4) is 0 Å². The van der Waals surface area contributed by atoms with Crippen molar-refractivity contribution in [2.24, 2.45) is 5.92 Å². The molecule has 0 saturated carbocycles. The summed E-state index contributed by atoms with van der Waals surface area (Å²) < 4.78 is 0. The van der Waals surface area contributed by atoms with Gasteiger partial charge in [0.05, 0.1) is 4.88 Å². The molecule has 33 heavy (non-hydrogen) atoms. The van der Waals surface area contributed by atoms with Gasteiger partial charge in [0.2, 0.25) is 5.91 Å². The van der Waals surface area contributed by atoms with Crippen LogP contribution in [-0.4, -0.2) is 47.3 Å². The summed E-state index contributed by atoms with van der Waals surface area (Å²) in [4.78, 5) is 32.3. The molecular weight excluding hydrogens is 428 g/mol. The molecule has 2 fully saturated rings. The highest BCUT2D eigenvalue weighted by Crippen LogP contribution is 2.35. The van der Waals surface area contributed by atoms with Crippen LogP contribution in [0.4, 0.5) is 0 Å². The van der Waals surface area contributed by atoms with E-state index >= 15 is 0 Å². The number of fused-ring (bicyclic) bond motifs is 1. The molecule has 5 rings (SSSR count). The van der Waals surface area contributed by atoms with Gasteiger partial charge in [-0.2, -0.15) is 0 Å². The SMILES string of the molecule is Cc1ccc(C(=O)N2CC[C@H]3[C@H](CCC(=O)N3CC(c3ccccc3)c3ccccc3)C2)s1. The van der Waals surface area contributed by atoms with Gasteiger partial charge in [0, 0.05) is 42.9 Å². The third-order valence-corrected chi connectivity index (χ3v) is 8.15. The molecule has 4 nitrogen and oxygen atoms in total. The van der Waals surface area contributed by atoms with Crippen LogP contribution in [0.1, 0.15) is 50.9 Å². The summed E-state index contributed by atoms with van der Waals surface area (Å²) in [6.45, 7) is 4.17. The van der Waals surface area contributed by atoms with Gasteiger partial charge in [-0.25, -0.2) is 0 Å². The quantitative estimate of drug-likeness (QED) is 0.518. The van der Waals surface area contributed by atoms with Gasteiger partial charge in [0.15, 0.2) is 0 Å². The summed E-state index contributed by atoms with van der Waals surface area (Å²) in [5.74, 6) is 0.876. The molecule has 2 atom stereocenters. The molecule has 0 unspecified atom stereocenters. The van der Waals surface area contributed by atoms with Gasteiger partial charge in [-0.3, -0.25) is 9.59 Å². The maximum absolute atomic E-state index is 13.1. The maximum Gasteiger partial charge on any atom is 0.263 e. The van der Waals surface area contributed by atoms with Crippen molar-refractivity contribution in [2.75, 3.05) is 19.6 Å². The van der Waals surface area contributed by atoms with Crippen LogP contribution in [-0.2, 0) is 4.79 Å². The van der Waals surface area contributed by atoms with Crippen molar-refractivity contribution in [3.63, 3.8) is 0 Å². The Balaban J connectivity index is 1.36. The molecule has 0 radical (unpaired) electrons. The summed E-state index contributed by atoms with van der Waals surface area (Å²) in [5, 5.41) is 0. The molecule has 1 aromatic heterocycles. The number of hydrogen-bond donors (Lipinski definition) is 0. The zero-order chi connectivity index (χ0) is 22.8. The second kappa shape index (κ2) is 9.52. The lowest BCUT2D eigenvalue weighted by Crippen LogP contribution is -2.57. The van der Waals surface area contributed by atoms with Crippen molar-refractivity contribution in [1.82, 2.24) is 9.80 Å². The Labute approximate surface area is 199 Å². The van der Waals surface area contributed by atoms with E-state index in [1.165, 1.54) is 11.1 Å². The lowest BCUT2D eigenvalue weighted by molar-refractivity contribution is -0.140. The molecule has 0 N–H and O–H groups in total. The molecule has 2 amide bonds. The molecular formula is C28H30N2O2S. The van der Waals surface area contributed by atoms with Gasteiger partial charge in [0.25, 0.3) is 5.91 Å². The van der Waals surface area contributed by atoms with E-state index in [9.17, 15) is 9.59 Å². The minimum atomic E-state index is 0.140. The Morgan fingerprint density at radius 3 is 2.24 bits per heavy atom. The first-order valence-electron chi connectivity index (χ1n) is 11.8. The molecule has 3 aromatic rings. The van der Waals surface area contributed by atoms with Gasteiger partial charge < -0.3 is 9.80 Å². The molecule has 5 heteroatoms. The van der Waals surface area contributed by atoms with Crippen molar-refractivity contribution >= 4 is 23.2 Å². The number of thiophene rings is 1. The summed E-state index contributed by atoms with van der Waals surface area (Å²) in [6, 6.07) is 25.2. The number of amides is 2. The first-order valence-corrected chi connectivity index (χ1v) is 12.7. The largest absolute Gasteiger partial charge is 0.338 e. The summed E-state index contributed by atoms with van der Waals surface area (Å²) >= 11 is 1.57. The second-order valence-electron chi connectivity index (χ2n) is 9.24. The first kappa shape index (κ1) is 21.9. The second-order valence-corrected chi connectivity index (χ2v) is 10.5. The number of benzene rings is 2. The number of piperidine rings is 2. The highest BCUT2D eigenvalue weighted by atomic mass is 32.1. The van der Waals surface area contributed by atoms with E-state index in [1.54, 1.807) is 11.3 Å². The predicted molar refractivity (Wildman–Crippen MR) is 133 cm³/mol. The van der Waals surface area contributed by atoms with Crippen LogP contribution in [0.2, 0.25) is 0 Å². The monoisotopic (exact) mass is 458 g/mol. The van der Waals surface area contributed by atoms with Crippen molar-refractivity contribution in [1.29, 1.82) is 0 Å². The molecule has 2 aromatic carbocycles. The summed E-state index contributed by atoms with van der Waals surface area (Å²) in [5.41, 5.74) is 2.47. The van der Waals surface area contributed by atoms with Gasteiger partial charge >= 0.3 is 0 Å². The Hall–Kier alpha value is -2.92. The van der Waals surface area contributed by atoms with E-state index in [4.69, 9.17) is 0 Å². The topological polar surface area (TPSA) is 40.6 Å². The third kappa shape index (κ3) is 4.60. The molecule has 2 aliphatic rings. The van der Waals surface area contributed by atoms with E-state index in [1.807, 2.05) is 36.1 Å². The summed E-state index contributed by atoms with van der Waals surface area (Å²) in [6.07, 6.45) is 2.29. The van der Waals surface area contributed by atoms with Crippen molar-refractivity contribution < 1.29 is 9.59 Å². The zero-order valence-electron chi connectivity index (χ0n) is 19.0. The number of nitrogens with zero attached hydrogens (tertiary/aromatic N) is 2. The Morgan fingerprint density at radius 1 is 0.970 bits per heavy atom. The standard InChI is InChI=1S/C28H30N2O2S/c1-20-12-14-26(33-20)28(32)29-17-16-25-23(18-29)13-15-27(31)30(25)19-24(21-8-4-2-5-9-21)22-10-6-3-7-11-22/h2-12,14,23-25H,13,15-19H2,1H3/t23-,25+/m1/s1. The fourth-order valence-electron chi connectivity index (χ4n) is 5.45. The number of hydrogen-bond acceptors (Lipinski definition) is 3. The number of rotatable bonds is 5. The van der Waals surface area contributed by atoms with Crippen LogP contribution in [0, 0.1) is 12.8 Å². The minimum Gasteiger partial charge on any atom is -0.338 e. The number of carbonyl (C=O) groups excluding carboxylic acids is 2. The fraction of sp³-hybridized carbons (Fsp3) is 0.357. The van der Waals surface area contributed by atoms with Gasteiger partial charge in [-0.15, -0.1) is 11.3 Å². The molecule has 170 valence electrons. The van der Waals surface area contributed by atoms with Crippen LogP contribution < -0.4 is 0 Å². The highest BCUT2D eigenvalue weighted by Gasteiger charge is 2.41. The average Bonchev–Trinajstić information content (AvgIpc) is 3.30. The summed E-state index contributed by atoms with van der Waals surface area (Å²) in [7, 11) is 0. The van der Waals surface area contributed by atoms with Crippen molar-refractivity contribution in [2.45, 2.75) is 38.1 Å². The Morgan fingerprint density at radius 2 is 1.64 bits per heavy atom. The van der Waals surface area contributed by atoms with E-state index in [0.717, 1.165) is 29.1 Å². The van der Waals surface area contributed by atoms with E-state index in [-0.39, 0.29) is 23.8 Å². The van der Waals surface area contributed by atoms with Gasteiger partial charge in [-0.05, 0) is 48.9 Å². The van der Waals surface area contributed by atoms with Crippen LogP contribution in [0.3, 0.4) is 0 Å². The molecule has 0 bridgehead atoms. The highest BCUT2D eigenvalue weighted by molar-refractivity contribution is 7.13. The normalized spacial score (nSPS) is 20.7. The number of likely N-dealkylation sites (tertiary alicyclic amines) is 2.